The number of fused-ring (bicyclic) bond motifs is 1. The van der Waals surface area contributed by atoms with Crippen LogP contribution < -0.4 is 5.32 Å². The van der Waals surface area contributed by atoms with Crippen molar-refractivity contribution in [3.63, 3.8) is 0 Å². The number of hydrogen-bond acceptors (Lipinski definition) is 3. The van der Waals surface area contributed by atoms with Gasteiger partial charge in [-0.05, 0) is 18.6 Å². The Morgan fingerprint density at radius 1 is 1.42 bits per heavy atom. The van der Waals surface area contributed by atoms with E-state index in [1.807, 2.05) is 6.92 Å². The summed E-state index contributed by atoms with van der Waals surface area (Å²) in [6.07, 6.45) is 3.48. The summed E-state index contributed by atoms with van der Waals surface area (Å²) in [5.41, 5.74) is 0.303. The van der Waals surface area contributed by atoms with E-state index in [2.05, 4.69) is 10.3 Å². The van der Waals surface area contributed by atoms with Crippen LogP contribution >= 0.6 is 0 Å². The van der Waals surface area contributed by atoms with Gasteiger partial charge in [0.05, 0.1) is 5.52 Å². The minimum absolute atomic E-state index is 0.101. The van der Waals surface area contributed by atoms with Gasteiger partial charge >= 0.3 is 5.97 Å². The molecule has 2 aromatic heterocycles. The van der Waals surface area contributed by atoms with Gasteiger partial charge in [-0.1, -0.05) is 19.4 Å². The lowest BCUT2D eigenvalue weighted by Gasteiger charge is -2.02. The van der Waals surface area contributed by atoms with E-state index < -0.39 is 5.97 Å². The molecule has 0 radical (unpaired) electrons. The maximum atomic E-state index is 12.0. The van der Waals surface area contributed by atoms with E-state index in [0.29, 0.717) is 12.1 Å². The van der Waals surface area contributed by atoms with Crippen LogP contribution in [-0.2, 0) is 0 Å². The molecule has 0 saturated carbocycles. The van der Waals surface area contributed by atoms with E-state index in [9.17, 15) is 9.59 Å². The van der Waals surface area contributed by atoms with Gasteiger partial charge in [0, 0.05) is 12.7 Å². The highest BCUT2D eigenvalue weighted by Crippen LogP contribution is 2.13. The molecule has 0 fully saturated rings. The van der Waals surface area contributed by atoms with E-state index in [0.717, 1.165) is 12.8 Å². The molecular weight excluding hydrogens is 246 g/mol. The number of amides is 1. The van der Waals surface area contributed by atoms with Crippen LogP contribution in [0.2, 0.25) is 0 Å². The molecule has 2 aromatic rings. The Morgan fingerprint density at radius 2 is 2.21 bits per heavy atom. The summed E-state index contributed by atoms with van der Waals surface area (Å²) in [6, 6.07) is 5.06. The first kappa shape index (κ1) is 13.1. The third kappa shape index (κ3) is 2.57. The number of carboxylic acids is 1. The first-order valence-electron chi connectivity index (χ1n) is 6.13. The van der Waals surface area contributed by atoms with E-state index in [1.165, 1.54) is 4.40 Å². The lowest BCUT2D eigenvalue weighted by Crippen LogP contribution is -2.26. The van der Waals surface area contributed by atoms with Gasteiger partial charge in [-0.2, -0.15) is 0 Å². The third-order valence-electron chi connectivity index (χ3n) is 2.77. The molecule has 100 valence electrons. The van der Waals surface area contributed by atoms with Crippen molar-refractivity contribution in [1.29, 1.82) is 0 Å². The van der Waals surface area contributed by atoms with Crippen LogP contribution in [0.15, 0.2) is 24.4 Å². The van der Waals surface area contributed by atoms with Gasteiger partial charge in [-0.3, -0.25) is 9.20 Å². The summed E-state index contributed by atoms with van der Waals surface area (Å²) >= 11 is 0. The fourth-order valence-electron chi connectivity index (χ4n) is 1.81. The van der Waals surface area contributed by atoms with Crippen LogP contribution in [0.4, 0.5) is 0 Å². The summed E-state index contributed by atoms with van der Waals surface area (Å²) < 4.78 is 1.49. The number of aromatic carboxylic acids is 1. The number of unbranched alkanes of at least 4 members (excludes halogenated alkanes) is 1. The Labute approximate surface area is 110 Å². The van der Waals surface area contributed by atoms with Gasteiger partial charge in [0.25, 0.3) is 5.91 Å². The largest absolute Gasteiger partial charge is 0.476 e. The molecule has 0 aliphatic heterocycles. The quantitative estimate of drug-likeness (QED) is 0.800. The number of nitrogens with zero attached hydrogens (tertiary/aromatic N) is 2. The molecule has 0 aliphatic rings. The van der Waals surface area contributed by atoms with Gasteiger partial charge in [0.1, 0.15) is 0 Å². The predicted molar refractivity (Wildman–Crippen MR) is 69.4 cm³/mol. The maximum absolute atomic E-state index is 12.0. The van der Waals surface area contributed by atoms with Gasteiger partial charge < -0.3 is 10.4 Å². The minimum Gasteiger partial charge on any atom is -0.476 e. The summed E-state index contributed by atoms with van der Waals surface area (Å²) in [6.45, 7) is 2.58. The lowest BCUT2D eigenvalue weighted by atomic mass is 10.3. The molecule has 2 heterocycles. The van der Waals surface area contributed by atoms with Crippen LogP contribution in [0.3, 0.4) is 0 Å². The first-order chi connectivity index (χ1) is 9.15. The van der Waals surface area contributed by atoms with Crippen molar-refractivity contribution in [3.05, 3.63) is 35.9 Å². The third-order valence-corrected chi connectivity index (χ3v) is 2.77. The van der Waals surface area contributed by atoms with Crippen molar-refractivity contribution in [2.45, 2.75) is 19.8 Å². The normalized spacial score (nSPS) is 10.6. The van der Waals surface area contributed by atoms with Crippen molar-refractivity contribution < 1.29 is 14.7 Å². The van der Waals surface area contributed by atoms with Gasteiger partial charge in [0.15, 0.2) is 5.69 Å². The highest BCUT2D eigenvalue weighted by molar-refractivity contribution is 5.98. The van der Waals surface area contributed by atoms with Gasteiger partial charge in [-0.15, -0.1) is 0 Å². The number of imidazole rings is 1. The first-order valence-corrected chi connectivity index (χ1v) is 6.13. The Bertz CT molecular complexity index is 619. The fraction of sp³-hybridized carbons (Fsp3) is 0.308. The number of pyridine rings is 1. The topological polar surface area (TPSA) is 83.7 Å². The molecule has 0 saturated heterocycles. The average molecular weight is 261 g/mol. The molecule has 0 unspecified atom stereocenters. The van der Waals surface area contributed by atoms with E-state index in [1.54, 1.807) is 24.4 Å². The second kappa shape index (κ2) is 5.51. The molecule has 6 heteroatoms. The number of carbonyl (C=O) groups excluding carboxylic acids is 1. The number of aromatic nitrogens is 2. The zero-order chi connectivity index (χ0) is 13.8. The molecule has 2 rings (SSSR count). The van der Waals surface area contributed by atoms with Crippen molar-refractivity contribution >= 4 is 17.4 Å². The number of carbonyl (C=O) groups is 2. The van der Waals surface area contributed by atoms with Crippen molar-refractivity contribution in [2.24, 2.45) is 0 Å². The molecule has 2 N–H and O–H groups in total. The summed E-state index contributed by atoms with van der Waals surface area (Å²) in [4.78, 5) is 27.0. The van der Waals surface area contributed by atoms with Crippen LogP contribution in [0, 0.1) is 0 Å². The monoisotopic (exact) mass is 261 g/mol. The summed E-state index contributed by atoms with van der Waals surface area (Å²) in [5.74, 6) is -1.40. The number of carboxylic acid groups (broad SMARTS) is 1. The van der Waals surface area contributed by atoms with Crippen molar-refractivity contribution in [1.82, 2.24) is 14.7 Å². The zero-order valence-corrected chi connectivity index (χ0v) is 10.6. The van der Waals surface area contributed by atoms with Crippen LogP contribution in [0.1, 0.15) is 40.9 Å². The minimum atomic E-state index is -1.14. The van der Waals surface area contributed by atoms with Crippen molar-refractivity contribution in [2.75, 3.05) is 6.54 Å². The predicted octanol–water partition coefficient (Wildman–Crippen LogP) is 1.56. The molecular formula is C13H15N3O3. The molecule has 6 nitrogen and oxygen atoms in total. The lowest BCUT2D eigenvalue weighted by molar-refractivity contribution is 0.0693. The van der Waals surface area contributed by atoms with Crippen LogP contribution in [0.25, 0.3) is 5.52 Å². The maximum Gasteiger partial charge on any atom is 0.356 e. The Kier molecular flexibility index (Phi) is 3.79. The second-order valence-electron chi connectivity index (χ2n) is 4.15. The molecule has 0 aromatic carbocycles. The number of hydrogen-bond donors (Lipinski definition) is 2. The smallest absolute Gasteiger partial charge is 0.356 e. The van der Waals surface area contributed by atoms with E-state index in [4.69, 9.17) is 5.11 Å². The molecule has 1 amide bonds. The van der Waals surface area contributed by atoms with Gasteiger partial charge in [-0.25, -0.2) is 9.78 Å². The van der Waals surface area contributed by atoms with Crippen molar-refractivity contribution in [3.8, 4) is 0 Å². The van der Waals surface area contributed by atoms with E-state index in [-0.39, 0.29) is 17.4 Å². The van der Waals surface area contributed by atoms with Crippen LogP contribution in [0.5, 0.6) is 0 Å². The highest BCUT2D eigenvalue weighted by Gasteiger charge is 2.20. The molecule has 0 spiro atoms. The Hall–Kier alpha value is -2.37. The standard InChI is InChI=1S/C13H15N3O3/c1-2-3-7-14-12(17)11-15-10(13(18)19)9-6-4-5-8-16(9)11/h4-6,8H,2-3,7H2,1H3,(H,14,17)(H,18,19). The van der Waals surface area contributed by atoms with Gasteiger partial charge in [0.2, 0.25) is 5.82 Å². The average Bonchev–Trinajstić information content (AvgIpc) is 2.78. The number of rotatable bonds is 5. The van der Waals surface area contributed by atoms with Crippen LogP contribution in [-0.4, -0.2) is 32.9 Å². The molecule has 0 bridgehead atoms. The van der Waals surface area contributed by atoms with E-state index >= 15 is 0 Å². The number of nitrogens with one attached hydrogen (secondary N) is 1. The summed E-state index contributed by atoms with van der Waals surface area (Å²) in [7, 11) is 0. The molecule has 0 aliphatic carbocycles. The zero-order valence-electron chi connectivity index (χ0n) is 10.6. The Balaban J connectivity index is 2.38. The second-order valence-corrected chi connectivity index (χ2v) is 4.15. The molecule has 19 heavy (non-hydrogen) atoms. The highest BCUT2D eigenvalue weighted by atomic mass is 16.4. The fourth-order valence-corrected chi connectivity index (χ4v) is 1.81. The SMILES string of the molecule is CCCCNC(=O)c1nc(C(=O)O)c2ccccn12. The summed E-state index contributed by atoms with van der Waals surface area (Å²) in [5, 5.41) is 11.8. The molecule has 0 atom stereocenters. The Morgan fingerprint density at radius 3 is 2.89 bits per heavy atom.